The van der Waals surface area contributed by atoms with Gasteiger partial charge in [-0.25, -0.2) is 19.5 Å². The van der Waals surface area contributed by atoms with Gasteiger partial charge in [0.1, 0.15) is 18.5 Å². The van der Waals surface area contributed by atoms with E-state index < -0.39 is 18.1 Å². The Labute approximate surface area is 128 Å². The minimum absolute atomic E-state index is 0.0648. The van der Waals surface area contributed by atoms with E-state index in [1.54, 1.807) is 18.2 Å². The van der Waals surface area contributed by atoms with Crippen LogP contribution in [0.5, 0.6) is 0 Å². The van der Waals surface area contributed by atoms with Crippen molar-refractivity contribution in [2.24, 2.45) is 0 Å². The highest BCUT2D eigenvalue weighted by atomic mass is 16.6. The fourth-order valence-corrected chi connectivity index (χ4v) is 1.85. The van der Waals surface area contributed by atoms with Crippen molar-refractivity contribution in [3.05, 3.63) is 60.3 Å². The molecular weight excluding hydrogens is 284 g/mol. The average Bonchev–Trinajstić information content (AvgIpc) is 2.55. The monoisotopic (exact) mass is 300 g/mol. The first-order chi connectivity index (χ1) is 10.6. The number of aromatic nitrogens is 1. The SMILES string of the molecule is CC(C(=O)O)N(C(=O)OCc1ccccc1)c1ccccn1. The summed E-state index contributed by atoms with van der Waals surface area (Å²) in [6.07, 6.45) is 0.735. The zero-order valence-electron chi connectivity index (χ0n) is 12.0. The van der Waals surface area contributed by atoms with Crippen molar-refractivity contribution in [1.82, 2.24) is 4.98 Å². The highest BCUT2D eigenvalue weighted by Crippen LogP contribution is 2.16. The Bertz CT molecular complexity index is 631. The summed E-state index contributed by atoms with van der Waals surface area (Å²) in [6, 6.07) is 13.0. The molecule has 0 bridgehead atoms. The third kappa shape index (κ3) is 3.82. The highest BCUT2D eigenvalue weighted by Gasteiger charge is 2.29. The molecule has 6 nitrogen and oxygen atoms in total. The summed E-state index contributed by atoms with van der Waals surface area (Å²) in [4.78, 5) is 28.5. The lowest BCUT2D eigenvalue weighted by atomic mass is 10.2. The molecule has 0 fully saturated rings. The van der Waals surface area contributed by atoms with Crippen LogP contribution >= 0.6 is 0 Å². The first-order valence-electron chi connectivity index (χ1n) is 6.73. The van der Waals surface area contributed by atoms with Gasteiger partial charge >= 0.3 is 12.1 Å². The molecule has 1 aromatic heterocycles. The lowest BCUT2D eigenvalue weighted by Gasteiger charge is -2.24. The summed E-state index contributed by atoms with van der Waals surface area (Å²) in [5.74, 6) is -0.905. The number of nitrogens with zero attached hydrogens (tertiary/aromatic N) is 2. The molecule has 0 aliphatic carbocycles. The van der Waals surface area contributed by atoms with Crippen LogP contribution in [0.15, 0.2) is 54.7 Å². The van der Waals surface area contributed by atoms with E-state index in [1.165, 1.54) is 13.1 Å². The third-order valence-electron chi connectivity index (χ3n) is 3.04. The van der Waals surface area contributed by atoms with Gasteiger partial charge in [-0.3, -0.25) is 0 Å². The molecule has 1 unspecified atom stereocenters. The number of carboxylic acids is 1. The van der Waals surface area contributed by atoms with E-state index in [0.29, 0.717) is 0 Å². The van der Waals surface area contributed by atoms with Crippen LogP contribution in [0.2, 0.25) is 0 Å². The Kier molecular flexibility index (Phi) is 5.08. The third-order valence-corrected chi connectivity index (χ3v) is 3.04. The van der Waals surface area contributed by atoms with E-state index in [9.17, 15) is 14.7 Å². The summed E-state index contributed by atoms with van der Waals surface area (Å²) in [5, 5.41) is 9.17. The number of ether oxygens (including phenoxy) is 1. The van der Waals surface area contributed by atoms with E-state index in [4.69, 9.17) is 4.74 Å². The molecule has 114 valence electrons. The Morgan fingerprint density at radius 1 is 1.18 bits per heavy atom. The quantitative estimate of drug-likeness (QED) is 0.918. The number of carbonyl (C=O) groups excluding carboxylic acids is 1. The van der Waals surface area contributed by atoms with E-state index in [1.807, 2.05) is 30.3 Å². The minimum Gasteiger partial charge on any atom is -0.480 e. The van der Waals surface area contributed by atoms with E-state index in [2.05, 4.69) is 4.98 Å². The maximum atomic E-state index is 12.3. The number of rotatable bonds is 5. The number of pyridine rings is 1. The van der Waals surface area contributed by atoms with Gasteiger partial charge in [0.25, 0.3) is 0 Å². The molecule has 0 aliphatic heterocycles. The van der Waals surface area contributed by atoms with Crippen molar-refractivity contribution in [2.75, 3.05) is 4.90 Å². The van der Waals surface area contributed by atoms with Crippen molar-refractivity contribution < 1.29 is 19.4 Å². The fraction of sp³-hybridized carbons (Fsp3) is 0.188. The van der Waals surface area contributed by atoms with Crippen LogP contribution in [0.25, 0.3) is 0 Å². The molecule has 1 amide bonds. The van der Waals surface area contributed by atoms with Gasteiger partial charge in [-0.15, -0.1) is 0 Å². The van der Waals surface area contributed by atoms with Crippen LogP contribution in [0.1, 0.15) is 12.5 Å². The van der Waals surface area contributed by atoms with Gasteiger partial charge in [0.2, 0.25) is 0 Å². The number of amides is 1. The summed E-state index contributed by atoms with van der Waals surface area (Å²) in [7, 11) is 0. The predicted octanol–water partition coefficient (Wildman–Crippen LogP) is 2.70. The Morgan fingerprint density at radius 3 is 2.45 bits per heavy atom. The second-order valence-electron chi connectivity index (χ2n) is 4.61. The molecule has 0 aliphatic rings. The number of anilines is 1. The van der Waals surface area contributed by atoms with Crippen molar-refractivity contribution in [2.45, 2.75) is 19.6 Å². The van der Waals surface area contributed by atoms with E-state index >= 15 is 0 Å². The van der Waals surface area contributed by atoms with Crippen molar-refractivity contribution in [1.29, 1.82) is 0 Å². The Hall–Kier alpha value is -2.89. The first-order valence-corrected chi connectivity index (χ1v) is 6.73. The molecule has 0 spiro atoms. The normalized spacial score (nSPS) is 11.5. The predicted molar refractivity (Wildman–Crippen MR) is 80.4 cm³/mol. The topological polar surface area (TPSA) is 79.7 Å². The number of hydrogen-bond acceptors (Lipinski definition) is 4. The summed E-state index contributed by atoms with van der Waals surface area (Å²) >= 11 is 0. The number of hydrogen-bond donors (Lipinski definition) is 1. The molecule has 2 aromatic rings. The van der Waals surface area contributed by atoms with Crippen LogP contribution in [0.3, 0.4) is 0 Å². The van der Waals surface area contributed by atoms with Gasteiger partial charge in [0, 0.05) is 6.20 Å². The molecule has 1 atom stereocenters. The van der Waals surface area contributed by atoms with Crippen LogP contribution in [0.4, 0.5) is 10.6 Å². The van der Waals surface area contributed by atoms with Gasteiger partial charge in [0.15, 0.2) is 0 Å². The zero-order valence-corrected chi connectivity index (χ0v) is 12.0. The standard InChI is InChI=1S/C16H16N2O4/c1-12(15(19)20)18(14-9-5-6-10-17-14)16(21)22-11-13-7-3-2-4-8-13/h2-10,12H,11H2,1H3,(H,19,20). The summed E-state index contributed by atoms with van der Waals surface area (Å²) in [6.45, 7) is 1.47. The molecule has 1 N–H and O–H groups in total. The number of aliphatic carboxylic acids is 1. The van der Waals surface area contributed by atoms with Crippen LogP contribution in [0, 0.1) is 0 Å². The van der Waals surface area contributed by atoms with Crippen LogP contribution in [-0.4, -0.2) is 28.2 Å². The molecule has 2 rings (SSSR count). The van der Waals surface area contributed by atoms with Gasteiger partial charge in [-0.2, -0.15) is 0 Å². The minimum atomic E-state index is -1.14. The van der Waals surface area contributed by atoms with Crippen molar-refractivity contribution in [3.8, 4) is 0 Å². The maximum absolute atomic E-state index is 12.3. The Balaban J connectivity index is 2.14. The number of carbonyl (C=O) groups is 2. The molecule has 0 saturated carbocycles. The zero-order chi connectivity index (χ0) is 15.9. The number of carboxylic acid groups (broad SMARTS) is 1. The van der Waals surface area contributed by atoms with Crippen molar-refractivity contribution in [3.63, 3.8) is 0 Å². The molecule has 22 heavy (non-hydrogen) atoms. The van der Waals surface area contributed by atoms with Crippen molar-refractivity contribution >= 4 is 17.9 Å². The molecular formula is C16H16N2O4. The fourth-order valence-electron chi connectivity index (χ4n) is 1.85. The smallest absolute Gasteiger partial charge is 0.416 e. The lowest BCUT2D eigenvalue weighted by molar-refractivity contribution is -0.138. The highest BCUT2D eigenvalue weighted by molar-refractivity contribution is 5.93. The lowest BCUT2D eigenvalue weighted by Crippen LogP contribution is -2.44. The molecule has 1 heterocycles. The second-order valence-corrected chi connectivity index (χ2v) is 4.61. The molecule has 6 heteroatoms. The summed E-state index contributed by atoms with van der Waals surface area (Å²) < 4.78 is 5.20. The van der Waals surface area contributed by atoms with Gasteiger partial charge < -0.3 is 9.84 Å². The summed E-state index contributed by atoms with van der Waals surface area (Å²) in [5.41, 5.74) is 0.819. The van der Waals surface area contributed by atoms with E-state index in [0.717, 1.165) is 10.5 Å². The van der Waals surface area contributed by atoms with Crippen LogP contribution < -0.4 is 4.90 Å². The van der Waals surface area contributed by atoms with Gasteiger partial charge in [-0.1, -0.05) is 36.4 Å². The average molecular weight is 300 g/mol. The Morgan fingerprint density at radius 2 is 1.86 bits per heavy atom. The molecule has 0 radical (unpaired) electrons. The van der Waals surface area contributed by atoms with Gasteiger partial charge in [-0.05, 0) is 24.6 Å². The maximum Gasteiger partial charge on any atom is 0.416 e. The molecule has 1 aromatic carbocycles. The second kappa shape index (κ2) is 7.21. The molecule has 0 saturated heterocycles. The number of benzene rings is 1. The van der Waals surface area contributed by atoms with Gasteiger partial charge in [0.05, 0.1) is 0 Å². The van der Waals surface area contributed by atoms with E-state index in [-0.39, 0.29) is 12.4 Å². The largest absolute Gasteiger partial charge is 0.480 e. The first kappa shape index (κ1) is 15.5. The van der Waals surface area contributed by atoms with Crippen LogP contribution in [-0.2, 0) is 16.1 Å².